The van der Waals surface area contributed by atoms with E-state index in [1.807, 2.05) is 12.1 Å². The Kier molecular flexibility index (Phi) is 9.17. The molecule has 0 radical (unpaired) electrons. The van der Waals surface area contributed by atoms with Crippen molar-refractivity contribution in [1.29, 1.82) is 0 Å². The summed E-state index contributed by atoms with van der Waals surface area (Å²) in [5.41, 5.74) is 7.23. The quantitative estimate of drug-likeness (QED) is 0.256. The number of halogens is 1. The minimum Gasteiger partial charge on any atom is -0.378 e. The number of imidazole rings is 1. The summed E-state index contributed by atoms with van der Waals surface area (Å²) in [6, 6.07) is 10.3. The van der Waals surface area contributed by atoms with Gasteiger partial charge in [-0.05, 0) is 73.9 Å². The van der Waals surface area contributed by atoms with Crippen LogP contribution in [0.4, 0.5) is 5.69 Å². The molecule has 240 valence electrons. The van der Waals surface area contributed by atoms with E-state index >= 15 is 0 Å². The fraction of sp³-hybridized carbons (Fsp3) is 0.469. The number of carbonyl (C=O) groups excluding carboxylic acids is 1. The van der Waals surface area contributed by atoms with Crippen molar-refractivity contribution in [1.82, 2.24) is 33.6 Å². The maximum absolute atomic E-state index is 12.9. The van der Waals surface area contributed by atoms with Crippen LogP contribution in [0.15, 0.2) is 41.0 Å². The zero-order chi connectivity index (χ0) is 31.9. The van der Waals surface area contributed by atoms with E-state index in [1.165, 1.54) is 0 Å². The second-order valence-electron chi connectivity index (χ2n) is 12.2. The lowest BCUT2D eigenvalue weighted by Crippen LogP contribution is -2.46. The maximum atomic E-state index is 12.9. The van der Waals surface area contributed by atoms with Gasteiger partial charge in [0.1, 0.15) is 11.3 Å². The van der Waals surface area contributed by atoms with Gasteiger partial charge in [0.25, 0.3) is 0 Å². The number of nitrogens with one attached hydrogen (secondary N) is 2. The van der Waals surface area contributed by atoms with Crippen LogP contribution in [0, 0.1) is 13.8 Å². The summed E-state index contributed by atoms with van der Waals surface area (Å²) in [4.78, 5) is 30.4. The SMILES string of the molecule is CCS(=O)(=O)N1CC[C@H](Nc2c(Br)cnc3nc(-c4cc(C)n(-c5cccc(CC(=O)CN6CCN(C)CC6)c5)c4C)[nH]c23)C1. The molecule has 0 bridgehead atoms. The first-order chi connectivity index (χ1) is 21.5. The number of piperazine rings is 1. The number of carbonyl (C=O) groups is 1. The van der Waals surface area contributed by atoms with Gasteiger partial charge in [0.05, 0.1) is 22.5 Å². The summed E-state index contributed by atoms with van der Waals surface area (Å²) in [6.45, 7) is 11.1. The number of aromatic amines is 1. The number of likely N-dealkylation sites (N-methyl/N-ethyl adjacent to an activating group) is 1. The predicted molar refractivity (Wildman–Crippen MR) is 182 cm³/mol. The lowest BCUT2D eigenvalue weighted by Gasteiger charge is -2.31. The standard InChI is InChI=1S/C32H41BrN8O3S/c1-5-45(43,44)40-10-9-24(19-40)35-29-28(33)18-34-32-30(29)36-31(37-32)27-15-21(2)41(22(27)3)25-8-6-7-23(16-25)17-26(42)20-39-13-11-38(4)12-14-39/h6-8,15-16,18,24H,5,9-14,17,19-20H2,1-4H3,(H2,34,35,36,37)/t24-/m0/s1. The smallest absolute Gasteiger partial charge is 0.213 e. The number of anilines is 1. The Bertz CT molecular complexity index is 1830. The molecule has 2 saturated heterocycles. The molecule has 6 rings (SSSR count). The zero-order valence-electron chi connectivity index (χ0n) is 26.3. The number of hydrogen-bond donors (Lipinski definition) is 2. The fourth-order valence-electron chi connectivity index (χ4n) is 6.43. The minimum absolute atomic E-state index is 0.0224. The summed E-state index contributed by atoms with van der Waals surface area (Å²) >= 11 is 3.64. The van der Waals surface area contributed by atoms with Crippen molar-refractivity contribution in [2.75, 3.05) is 63.9 Å². The number of sulfonamides is 1. The van der Waals surface area contributed by atoms with E-state index in [9.17, 15) is 13.2 Å². The number of rotatable bonds is 10. The van der Waals surface area contributed by atoms with E-state index in [0.29, 0.717) is 37.5 Å². The van der Waals surface area contributed by atoms with Crippen LogP contribution in [0.5, 0.6) is 0 Å². The van der Waals surface area contributed by atoms with E-state index < -0.39 is 10.0 Å². The molecule has 13 heteroatoms. The van der Waals surface area contributed by atoms with Crippen molar-refractivity contribution in [3.63, 3.8) is 0 Å². The van der Waals surface area contributed by atoms with E-state index in [1.54, 1.807) is 17.4 Å². The van der Waals surface area contributed by atoms with Crippen LogP contribution in [-0.4, -0.2) is 112 Å². The molecule has 0 aliphatic carbocycles. The van der Waals surface area contributed by atoms with Crippen molar-refractivity contribution in [2.45, 2.75) is 39.7 Å². The van der Waals surface area contributed by atoms with E-state index in [-0.39, 0.29) is 17.6 Å². The van der Waals surface area contributed by atoms with E-state index in [4.69, 9.17) is 4.98 Å². The molecule has 4 aromatic rings. The Morgan fingerprint density at radius 1 is 1.13 bits per heavy atom. The lowest BCUT2D eigenvalue weighted by atomic mass is 10.1. The number of aromatic nitrogens is 4. The first kappa shape index (κ1) is 31.9. The van der Waals surface area contributed by atoms with E-state index in [2.05, 4.69) is 84.7 Å². The van der Waals surface area contributed by atoms with Crippen LogP contribution >= 0.6 is 15.9 Å². The van der Waals surface area contributed by atoms with Crippen LogP contribution in [0.2, 0.25) is 0 Å². The van der Waals surface area contributed by atoms with Crippen molar-refractivity contribution in [2.24, 2.45) is 0 Å². The Morgan fingerprint density at radius 2 is 1.91 bits per heavy atom. The highest BCUT2D eigenvalue weighted by Gasteiger charge is 2.31. The summed E-state index contributed by atoms with van der Waals surface area (Å²) in [5, 5.41) is 3.55. The molecular weight excluding hydrogens is 656 g/mol. The highest BCUT2D eigenvalue weighted by Crippen LogP contribution is 2.34. The van der Waals surface area contributed by atoms with Gasteiger partial charge in [-0.15, -0.1) is 0 Å². The molecule has 0 spiro atoms. The third-order valence-corrected chi connectivity index (χ3v) is 11.4. The molecule has 2 fully saturated rings. The summed E-state index contributed by atoms with van der Waals surface area (Å²) in [5.74, 6) is 1.05. The van der Waals surface area contributed by atoms with Gasteiger partial charge in [-0.25, -0.2) is 18.4 Å². The first-order valence-corrected chi connectivity index (χ1v) is 17.9. The molecule has 0 unspecified atom stereocenters. The molecule has 5 heterocycles. The number of hydrogen-bond acceptors (Lipinski definition) is 8. The zero-order valence-corrected chi connectivity index (χ0v) is 28.7. The topological polar surface area (TPSA) is 119 Å². The predicted octanol–water partition coefficient (Wildman–Crippen LogP) is 3.99. The number of nitrogens with zero attached hydrogens (tertiary/aromatic N) is 6. The maximum Gasteiger partial charge on any atom is 0.213 e. The molecule has 45 heavy (non-hydrogen) atoms. The van der Waals surface area contributed by atoms with Crippen molar-refractivity contribution in [3.8, 4) is 17.1 Å². The number of benzene rings is 1. The molecular formula is C32H41BrN8O3S. The normalized spacial score (nSPS) is 18.6. The lowest BCUT2D eigenvalue weighted by molar-refractivity contribution is -0.119. The van der Waals surface area contributed by atoms with Gasteiger partial charge < -0.3 is 19.8 Å². The Labute approximate surface area is 273 Å². The molecule has 3 aromatic heterocycles. The van der Waals surface area contributed by atoms with Crippen LogP contribution in [-0.2, 0) is 21.2 Å². The highest BCUT2D eigenvalue weighted by atomic mass is 79.9. The molecule has 0 saturated carbocycles. The Hall–Kier alpha value is -3.10. The fourth-order valence-corrected chi connectivity index (χ4v) is 8.00. The van der Waals surface area contributed by atoms with Gasteiger partial charge in [0, 0.05) is 80.6 Å². The second kappa shape index (κ2) is 13.0. The number of H-pyrrole nitrogens is 1. The van der Waals surface area contributed by atoms with Crippen molar-refractivity contribution >= 4 is 48.6 Å². The number of aryl methyl sites for hydroxylation is 1. The van der Waals surface area contributed by atoms with Gasteiger partial charge in [0.2, 0.25) is 10.0 Å². The molecule has 2 aliphatic rings. The van der Waals surface area contributed by atoms with Crippen LogP contribution < -0.4 is 5.32 Å². The van der Waals surface area contributed by atoms with E-state index in [0.717, 1.165) is 76.5 Å². The number of ketones is 1. The summed E-state index contributed by atoms with van der Waals surface area (Å²) in [7, 11) is -1.11. The third-order valence-electron chi connectivity index (χ3n) is 8.98. The highest BCUT2D eigenvalue weighted by molar-refractivity contribution is 9.10. The van der Waals surface area contributed by atoms with Gasteiger partial charge in [-0.3, -0.25) is 9.69 Å². The van der Waals surface area contributed by atoms with Gasteiger partial charge in [-0.1, -0.05) is 12.1 Å². The second-order valence-corrected chi connectivity index (χ2v) is 15.4. The van der Waals surface area contributed by atoms with Gasteiger partial charge in [0.15, 0.2) is 11.4 Å². The number of fused-ring (bicyclic) bond motifs is 1. The van der Waals surface area contributed by atoms with Crippen molar-refractivity contribution in [3.05, 3.63) is 58.0 Å². The van der Waals surface area contributed by atoms with Crippen LogP contribution in [0.3, 0.4) is 0 Å². The number of pyridine rings is 1. The summed E-state index contributed by atoms with van der Waals surface area (Å²) < 4.78 is 29.3. The molecule has 11 nitrogen and oxygen atoms in total. The van der Waals surface area contributed by atoms with Crippen molar-refractivity contribution < 1.29 is 13.2 Å². The first-order valence-electron chi connectivity index (χ1n) is 15.5. The Balaban J connectivity index is 1.22. The third kappa shape index (κ3) is 6.73. The Morgan fingerprint density at radius 3 is 2.67 bits per heavy atom. The van der Waals surface area contributed by atoms with Crippen LogP contribution in [0.25, 0.3) is 28.2 Å². The summed E-state index contributed by atoms with van der Waals surface area (Å²) in [6.07, 6.45) is 2.86. The minimum atomic E-state index is -3.23. The average Bonchev–Trinajstić information content (AvgIpc) is 3.73. The molecule has 0 amide bonds. The molecule has 1 atom stereocenters. The van der Waals surface area contributed by atoms with Crippen LogP contribution in [0.1, 0.15) is 30.3 Å². The monoisotopic (exact) mass is 696 g/mol. The molecule has 2 N–H and O–H groups in total. The largest absolute Gasteiger partial charge is 0.378 e. The van der Waals surface area contributed by atoms with Gasteiger partial charge >= 0.3 is 0 Å². The average molecular weight is 698 g/mol. The number of Topliss-reactive ketones (excluding diaryl/α,β-unsaturated/α-hetero) is 1. The van der Waals surface area contributed by atoms with Gasteiger partial charge in [-0.2, -0.15) is 4.31 Å². The molecule has 2 aliphatic heterocycles. The molecule has 1 aromatic carbocycles.